The topological polar surface area (TPSA) is 88.9 Å². The number of esters is 1. The van der Waals surface area contributed by atoms with Crippen LogP contribution in [-0.2, 0) is 21.3 Å². The quantitative estimate of drug-likeness (QED) is 0.331. The number of alkyl halides is 2. The minimum absolute atomic E-state index is 0.0593. The number of aryl methyl sites for hydroxylation is 1. The predicted octanol–water partition coefficient (Wildman–Crippen LogP) is 5.31. The van der Waals surface area contributed by atoms with E-state index in [1.54, 1.807) is 0 Å². The molecule has 1 unspecified atom stereocenters. The lowest BCUT2D eigenvalue weighted by molar-refractivity contribution is -0.0825. The van der Waals surface area contributed by atoms with Gasteiger partial charge in [0.25, 0.3) is 0 Å². The van der Waals surface area contributed by atoms with Crippen molar-refractivity contribution in [1.82, 2.24) is 9.78 Å². The standard InChI is InChI=1S/C19H17BrClF3N2O6/c1-8(31-19(28)29-7-9-3-4-9)30-17(27)10-5-11(13(22)6-12(10)21)15-14(20)16(26(2)25-15)32-18(23)24/h5-6,8-9,18H,3-4,7H2,1-2H3. The minimum atomic E-state index is -3.13. The smallest absolute Gasteiger partial charge is 0.434 e. The van der Waals surface area contributed by atoms with Gasteiger partial charge in [-0.2, -0.15) is 13.9 Å². The summed E-state index contributed by atoms with van der Waals surface area (Å²) in [5.74, 6) is -1.91. The molecule has 1 aromatic heterocycles. The molecule has 1 atom stereocenters. The molecule has 1 fully saturated rings. The van der Waals surface area contributed by atoms with Crippen molar-refractivity contribution in [2.24, 2.45) is 13.0 Å². The number of hydrogen-bond donors (Lipinski definition) is 0. The molecule has 0 N–H and O–H groups in total. The molecule has 32 heavy (non-hydrogen) atoms. The average Bonchev–Trinajstić information content (AvgIpc) is 3.48. The monoisotopic (exact) mass is 540 g/mol. The van der Waals surface area contributed by atoms with E-state index in [0.717, 1.165) is 29.7 Å². The number of carbonyl (C=O) groups is 2. The van der Waals surface area contributed by atoms with E-state index < -0.39 is 30.8 Å². The minimum Gasteiger partial charge on any atom is -0.434 e. The zero-order valence-corrected chi connectivity index (χ0v) is 19.1. The summed E-state index contributed by atoms with van der Waals surface area (Å²) in [5, 5.41) is 3.67. The molecule has 1 heterocycles. The van der Waals surface area contributed by atoms with Crippen LogP contribution in [0.2, 0.25) is 5.02 Å². The van der Waals surface area contributed by atoms with Crippen molar-refractivity contribution in [2.45, 2.75) is 32.7 Å². The van der Waals surface area contributed by atoms with Crippen LogP contribution in [0, 0.1) is 11.7 Å². The molecule has 0 amide bonds. The molecule has 1 aliphatic rings. The Morgan fingerprint density at radius 1 is 1.31 bits per heavy atom. The van der Waals surface area contributed by atoms with Crippen molar-refractivity contribution in [3.05, 3.63) is 33.0 Å². The summed E-state index contributed by atoms with van der Waals surface area (Å²) < 4.78 is 59.8. The summed E-state index contributed by atoms with van der Waals surface area (Å²) in [5.41, 5.74) is -0.608. The first-order valence-corrected chi connectivity index (χ1v) is 10.4. The predicted molar refractivity (Wildman–Crippen MR) is 108 cm³/mol. The van der Waals surface area contributed by atoms with E-state index in [1.165, 1.54) is 14.0 Å². The van der Waals surface area contributed by atoms with Gasteiger partial charge in [-0.1, -0.05) is 11.6 Å². The van der Waals surface area contributed by atoms with Crippen LogP contribution in [0.5, 0.6) is 5.88 Å². The van der Waals surface area contributed by atoms with Gasteiger partial charge in [0.15, 0.2) is 0 Å². The largest absolute Gasteiger partial charge is 0.511 e. The summed E-state index contributed by atoms with van der Waals surface area (Å²) in [4.78, 5) is 24.1. The molecule has 0 radical (unpaired) electrons. The van der Waals surface area contributed by atoms with E-state index in [-0.39, 0.29) is 38.8 Å². The number of carbonyl (C=O) groups excluding carboxylic acids is 2. The van der Waals surface area contributed by atoms with Gasteiger partial charge in [0.05, 0.1) is 17.2 Å². The van der Waals surface area contributed by atoms with Crippen LogP contribution in [0.3, 0.4) is 0 Å². The van der Waals surface area contributed by atoms with Gasteiger partial charge in [-0.3, -0.25) is 0 Å². The molecule has 8 nitrogen and oxygen atoms in total. The van der Waals surface area contributed by atoms with Crippen molar-refractivity contribution in [1.29, 1.82) is 0 Å². The van der Waals surface area contributed by atoms with Gasteiger partial charge in [0, 0.05) is 19.5 Å². The van der Waals surface area contributed by atoms with Crippen molar-refractivity contribution in [3.8, 4) is 17.1 Å². The second-order valence-corrected chi connectivity index (χ2v) is 8.08. The molecule has 0 aliphatic heterocycles. The molecule has 174 valence electrons. The Hall–Kier alpha value is -2.47. The first-order valence-electron chi connectivity index (χ1n) is 9.28. The van der Waals surface area contributed by atoms with Gasteiger partial charge in [-0.25, -0.2) is 18.7 Å². The molecule has 2 aromatic rings. The number of aromatic nitrogens is 2. The maximum atomic E-state index is 14.6. The maximum absolute atomic E-state index is 14.6. The molecule has 1 aliphatic carbocycles. The van der Waals surface area contributed by atoms with E-state index in [4.69, 9.17) is 25.8 Å². The Balaban J connectivity index is 1.77. The highest BCUT2D eigenvalue weighted by Gasteiger charge is 2.27. The van der Waals surface area contributed by atoms with Crippen molar-refractivity contribution in [3.63, 3.8) is 0 Å². The second kappa shape index (κ2) is 9.99. The van der Waals surface area contributed by atoms with E-state index >= 15 is 0 Å². The molecule has 0 saturated heterocycles. The van der Waals surface area contributed by atoms with Gasteiger partial charge in [0.2, 0.25) is 12.2 Å². The van der Waals surface area contributed by atoms with E-state index in [9.17, 15) is 22.8 Å². The van der Waals surface area contributed by atoms with Crippen LogP contribution in [0.1, 0.15) is 30.1 Å². The summed E-state index contributed by atoms with van der Waals surface area (Å²) in [6, 6.07) is 1.88. The van der Waals surface area contributed by atoms with Gasteiger partial charge in [-0.05, 0) is 46.8 Å². The Bertz CT molecular complexity index is 1030. The van der Waals surface area contributed by atoms with Crippen molar-refractivity contribution in [2.75, 3.05) is 6.61 Å². The van der Waals surface area contributed by atoms with Gasteiger partial charge in [-0.15, -0.1) is 0 Å². The number of ether oxygens (including phenoxy) is 4. The van der Waals surface area contributed by atoms with E-state index in [0.29, 0.717) is 5.92 Å². The number of hydrogen-bond acceptors (Lipinski definition) is 7. The molecular formula is C19H17BrClF3N2O6. The maximum Gasteiger partial charge on any atom is 0.511 e. The summed E-state index contributed by atoms with van der Waals surface area (Å²) in [6.07, 6.45) is -0.352. The molecule has 1 aromatic carbocycles. The third-order valence-corrected chi connectivity index (χ3v) is 5.37. The van der Waals surface area contributed by atoms with Crippen LogP contribution in [-0.4, -0.2) is 41.4 Å². The Kier molecular flexibility index (Phi) is 7.55. The highest BCUT2D eigenvalue weighted by molar-refractivity contribution is 9.10. The Morgan fingerprint density at radius 2 is 2.00 bits per heavy atom. The van der Waals surface area contributed by atoms with Gasteiger partial charge < -0.3 is 18.9 Å². The van der Waals surface area contributed by atoms with Crippen molar-refractivity contribution >= 4 is 39.7 Å². The number of benzene rings is 1. The van der Waals surface area contributed by atoms with Gasteiger partial charge >= 0.3 is 18.7 Å². The molecular weight excluding hydrogens is 525 g/mol. The van der Waals surface area contributed by atoms with Crippen LogP contribution < -0.4 is 4.74 Å². The molecule has 3 rings (SSSR count). The normalized spacial score (nSPS) is 14.2. The number of halogens is 5. The van der Waals surface area contributed by atoms with Crippen LogP contribution in [0.15, 0.2) is 16.6 Å². The third-order valence-electron chi connectivity index (χ3n) is 4.34. The molecule has 1 saturated carbocycles. The fraction of sp³-hybridized carbons (Fsp3) is 0.421. The first kappa shape index (κ1) is 24.2. The van der Waals surface area contributed by atoms with Crippen LogP contribution in [0.25, 0.3) is 11.3 Å². The fourth-order valence-corrected chi connectivity index (χ4v) is 3.50. The second-order valence-electron chi connectivity index (χ2n) is 6.88. The van der Waals surface area contributed by atoms with E-state index in [1.807, 2.05) is 0 Å². The highest BCUT2D eigenvalue weighted by atomic mass is 79.9. The number of rotatable bonds is 8. The molecule has 13 heteroatoms. The fourth-order valence-electron chi connectivity index (χ4n) is 2.63. The SMILES string of the molecule is CC(OC(=O)OCC1CC1)OC(=O)c1cc(-c2nn(C)c(OC(F)F)c2Br)c(F)cc1Cl. The molecule has 0 spiro atoms. The Morgan fingerprint density at radius 3 is 2.62 bits per heavy atom. The summed E-state index contributed by atoms with van der Waals surface area (Å²) in [6.45, 7) is -1.62. The lowest BCUT2D eigenvalue weighted by atomic mass is 10.1. The van der Waals surface area contributed by atoms with E-state index in [2.05, 4.69) is 25.8 Å². The summed E-state index contributed by atoms with van der Waals surface area (Å²) >= 11 is 9.02. The highest BCUT2D eigenvalue weighted by Crippen LogP contribution is 2.38. The average molecular weight is 542 g/mol. The lowest BCUT2D eigenvalue weighted by Gasteiger charge is -2.15. The zero-order chi connectivity index (χ0) is 23.6. The number of nitrogens with zero attached hydrogens (tertiary/aromatic N) is 2. The lowest BCUT2D eigenvalue weighted by Crippen LogP contribution is -2.23. The zero-order valence-electron chi connectivity index (χ0n) is 16.7. The van der Waals surface area contributed by atoms with Crippen molar-refractivity contribution < 1.29 is 41.7 Å². The Labute approximate surface area is 193 Å². The summed E-state index contributed by atoms with van der Waals surface area (Å²) in [7, 11) is 1.32. The van der Waals surface area contributed by atoms with Crippen LogP contribution >= 0.6 is 27.5 Å². The molecule has 0 bridgehead atoms. The first-order chi connectivity index (χ1) is 15.1. The van der Waals surface area contributed by atoms with Crippen LogP contribution in [0.4, 0.5) is 18.0 Å². The third kappa shape index (κ3) is 5.85. The van der Waals surface area contributed by atoms with Gasteiger partial charge in [0.1, 0.15) is 16.0 Å².